The maximum Gasteiger partial charge on any atom is 0.323 e. The lowest BCUT2D eigenvalue weighted by molar-refractivity contribution is 0.436. The summed E-state index contributed by atoms with van der Waals surface area (Å²) in [6, 6.07) is 9.61. The number of benzene rings is 1. The zero-order chi connectivity index (χ0) is 13.1. The first-order chi connectivity index (χ1) is 8.60. The summed E-state index contributed by atoms with van der Waals surface area (Å²) in [6.45, 7) is 5.80. The molecule has 0 aliphatic rings. The molecule has 4 heteroatoms. The maximum atomic E-state index is 8.86. The van der Waals surface area contributed by atoms with Gasteiger partial charge < -0.3 is 4.74 Å². The number of nitrogens with zero attached hydrogens (tertiary/aromatic N) is 3. The molecule has 0 N–H and O–H groups in total. The monoisotopic (exact) mass is 239 g/mol. The van der Waals surface area contributed by atoms with Gasteiger partial charge in [-0.1, -0.05) is 12.1 Å². The van der Waals surface area contributed by atoms with Gasteiger partial charge in [-0.15, -0.1) is 0 Å². The molecule has 0 saturated heterocycles. The lowest BCUT2D eigenvalue weighted by atomic mass is 10.1. The SMILES string of the molecule is Cc1cc(C#N)nc(Oc2cccc(C)c2C)n1. The molecule has 90 valence electrons. The fourth-order valence-electron chi connectivity index (χ4n) is 1.58. The summed E-state index contributed by atoms with van der Waals surface area (Å²) in [4.78, 5) is 8.19. The summed E-state index contributed by atoms with van der Waals surface area (Å²) >= 11 is 0. The molecule has 0 spiro atoms. The molecular formula is C14H13N3O. The second-order valence-electron chi connectivity index (χ2n) is 4.09. The minimum atomic E-state index is 0.209. The second kappa shape index (κ2) is 4.84. The zero-order valence-electron chi connectivity index (χ0n) is 10.6. The molecule has 2 aromatic rings. The van der Waals surface area contributed by atoms with E-state index in [1.54, 1.807) is 13.0 Å². The Hall–Kier alpha value is -2.41. The first-order valence-electron chi connectivity index (χ1n) is 5.60. The van der Waals surface area contributed by atoms with Crippen molar-refractivity contribution < 1.29 is 4.74 Å². The third-order valence-electron chi connectivity index (χ3n) is 2.70. The zero-order valence-corrected chi connectivity index (χ0v) is 10.6. The molecule has 2 rings (SSSR count). The van der Waals surface area contributed by atoms with Crippen LogP contribution in [-0.2, 0) is 0 Å². The largest absolute Gasteiger partial charge is 0.424 e. The molecule has 0 aliphatic carbocycles. The van der Waals surface area contributed by atoms with Crippen LogP contribution in [-0.4, -0.2) is 9.97 Å². The molecule has 1 heterocycles. The van der Waals surface area contributed by atoms with E-state index < -0.39 is 0 Å². The van der Waals surface area contributed by atoms with Gasteiger partial charge in [0.05, 0.1) is 0 Å². The standard InChI is InChI=1S/C14H13N3O/c1-9-5-4-6-13(11(9)3)18-14-16-10(2)7-12(8-15)17-14/h4-7H,1-3H3. The molecule has 18 heavy (non-hydrogen) atoms. The fourth-order valence-corrected chi connectivity index (χ4v) is 1.58. The molecule has 1 aromatic carbocycles. The van der Waals surface area contributed by atoms with Gasteiger partial charge in [0.1, 0.15) is 17.5 Å². The molecule has 0 unspecified atom stereocenters. The predicted molar refractivity (Wildman–Crippen MR) is 67.5 cm³/mol. The highest BCUT2D eigenvalue weighted by molar-refractivity contribution is 5.39. The number of nitriles is 1. The van der Waals surface area contributed by atoms with Crippen molar-refractivity contribution >= 4 is 0 Å². The van der Waals surface area contributed by atoms with Crippen LogP contribution in [0.4, 0.5) is 0 Å². The van der Waals surface area contributed by atoms with Crippen LogP contribution in [0.2, 0.25) is 0 Å². The molecule has 0 bridgehead atoms. The number of aromatic nitrogens is 2. The van der Waals surface area contributed by atoms with Crippen molar-refractivity contribution in [3.63, 3.8) is 0 Å². The summed E-state index contributed by atoms with van der Waals surface area (Å²) in [6.07, 6.45) is 0. The van der Waals surface area contributed by atoms with Crippen LogP contribution in [0.25, 0.3) is 0 Å². The Labute approximate surface area is 106 Å². The molecule has 0 aliphatic heterocycles. The van der Waals surface area contributed by atoms with E-state index in [2.05, 4.69) is 9.97 Å². The van der Waals surface area contributed by atoms with Gasteiger partial charge in [0.15, 0.2) is 0 Å². The summed E-state index contributed by atoms with van der Waals surface area (Å²) in [5.74, 6) is 0.712. The van der Waals surface area contributed by atoms with Crippen LogP contribution < -0.4 is 4.74 Å². The molecule has 0 atom stereocenters. The number of ether oxygens (including phenoxy) is 1. The topological polar surface area (TPSA) is 58.8 Å². The quantitative estimate of drug-likeness (QED) is 0.808. The van der Waals surface area contributed by atoms with E-state index in [4.69, 9.17) is 10.00 Å². The first-order valence-corrected chi connectivity index (χ1v) is 5.60. The molecule has 4 nitrogen and oxygen atoms in total. The second-order valence-corrected chi connectivity index (χ2v) is 4.09. The summed E-state index contributed by atoms with van der Waals surface area (Å²) in [7, 11) is 0. The highest BCUT2D eigenvalue weighted by atomic mass is 16.5. The van der Waals surface area contributed by atoms with Crippen molar-refractivity contribution in [1.82, 2.24) is 9.97 Å². The van der Waals surface area contributed by atoms with Crippen molar-refractivity contribution in [3.05, 3.63) is 46.8 Å². The Morgan fingerprint density at radius 1 is 1.17 bits per heavy atom. The van der Waals surface area contributed by atoms with Crippen molar-refractivity contribution in [2.75, 3.05) is 0 Å². The van der Waals surface area contributed by atoms with Crippen LogP contribution in [0.3, 0.4) is 0 Å². The number of aryl methyl sites for hydroxylation is 2. The van der Waals surface area contributed by atoms with Crippen molar-refractivity contribution in [2.45, 2.75) is 20.8 Å². The van der Waals surface area contributed by atoms with E-state index in [0.29, 0.717) is 17.1 Å². The first kappa shape index (κ1) is 12.1. The smallest absolute Gasteiger partial charge is 0.323 e. The summed E-state index contributed by atoms with van der Waals surface area (Å²) in [5.41, 5.74) is 3.20. The Morgan fingerprint density at radius 2 is 1.94 bits per heavy atom. The Kier molecular flexibility index (Phi) is 3.24. The number of rotatable bonds is 2. The van der Waals surface area contributed by atoms with Crippen LogP contribution in [0.5, 0.6) is 11.8 Å². The molecule has 0 fully saturated rings. The molecule has 0 radical (unpaired) electrons. The summed E-state index contributed by atoms with van der Waals surface area (Å²) < 4.78 is 5.64. The van der Waals surface area contributed by atoms with Crippen molar-refractivity contribution in [1.29, 1.82) is 5.26 Å². The molecule has 1 aromatic heterocycles. The lowest BCUT2D eigenvalue weighted by Crippen LogP contribution is -1.98. The van der Waals surface area contributed by atoms with E-state index in [1.807, 2.05) is 38.1 Å². The lowest BCUT2D eigenvalue weighted by Gasteiger charge is -2.09. The minimum Gasteiger partial charge on any atom is -0.424 e. The number of hydrogen-bond acceptors (Lipinski definition) is 4. The van der Waals surface area contributed by atoms with Gasteiger partial charge in [0, 0.05) is 5.69 Å². The van der Waals surface area contributed by atoms with Gasteiger partial charge in [-0.05, 0) is 44.0 Å². The third kappa shape index (κ3) is 2.46. The van der Waals surface area contributed by atoms with Gasteiger partial charge in [-0.25, -0.2) is 4.98 Å². The van der Waals surface area contributed by atoms with Crippen molar-refractivity contribution in [2.24, 2.45) is 0 Å². The Morgan fingerprint density at radius 3 is 2.67 bits per heavy atom. The molecule has 0 amide bonds. The van der Waals surface area contributed by atoms with Crippen LogP contribution >= 0.6 is 0 Å². The fraction of sp³-hybridized carbons (Fsp3) is 0.214. The molecular weight excluding hydrogens is 226 g/mol. The molecule has 0 saturated carbocycles. The van der Waals surface area contributed by atoms with E-state index in [-0.39, 0.29) is 6.01 Å². The van der Waals surface area contributed by atoms with Crippen LogP contribution in [0.1, 0.15) is 22.5 Å². The van der Waals surface area contributed by atoms with E-state index in [9.17, 15) is 0 Å². The maximum absolute atomic E-state index is 8.86. The number of hydrogen-bond donors (Lipinski definition) is 0. The highest BCUT2D eigenvalue weighted by Crippen LogP contribution is 2.24. The average Bonchev–Trinajstić information content (AvgIpc) is 2.34. The average molecular weight is 239 g/mol. The summed E-state index contributed by atoms with van der Waals surface area (Å²) in [5, 5.41) is 8.86. The van der Waals surface area contributed by atoms with Crippen molar-refractivity contribution in [3.8, 4) is 17.8 Å². The highest BCUT2D eigenvalue weighted by Gasteiger charge is 2.07. The van der Waals surface area contributed by atoms with Crippen LogP contribution in [0, 0.1) is 32.1 Å². The predicted octanol–water partition coefficient (Wildman–Crippen LogP) is 3.07. The van der Waals surface area contributed by atoms with Gasteiger partial charge >= 0.3 is 6.01 Å². The van der Waals surface area contributed by atoms with Gasteiger partial charge in [0.25, 0.3) is 0 Å². The van der Waals surface area contributed by atoms with E-state index >= 15 is 0 Å². The minimum absolute atomic E-state index is 0.209. The normalized spacial score (nSPS) is 9.89. The third-order valence-corrected chi connectivity index (χ3v) is 2.70. The van der Waals surface area contributed by atoms with Gasteiger partial charge in [-0.2, -0.15) is 10.2 Å². The van der Waals surface area contributed by atoms with Gasteiger partial charge in [-0.3, -0.25) is 0 Å². The van der Waals surface area contributed by atoms with E-state index in [1.165, 1.54) is 0 Å². The van der Waals surface area contributed by atoms with Crippen LogP contribution in [0.15, 0.2) is 24.3 Å². The Balaban J connectivity index is 2.37. The van der Waals surface area contributed by atoms with Gasteiger partial charge in [0.2, 0.25) is 0 Å². The Bertz CT molecular complexity index is 629. The van der Waals surface area contributed by atoms with E-state index in [0.717, 1.165) is 11.1 Å².